The number of aromatic amines is 1. The molecular formula is C14H14ClN3O2. The lowest BCUT2D eigenvalue weighted by atomic mass is 9.96. The molecule has 0 aliphatic carbocycles. The van der Waals surface area contributed by atoms with Gasteiger partial charge in [-0.25, -0.2) is 4.98 Å². The molecule has 0 spiro atoms. The van der Waals surface area contributed by atoms with Crippen LogP contribution in [0.15, 0.2) is 29.3 Å². The molecule has 0 atom stereocenters. The number of nitrogens with zero attached hydrogens (tertiary/aromatic N) is 2. The van der Waals surface area contributed by atoms with Gasteiger partial charge in [0.25, 0.3) is 5.56 Å². The van der Waals surface area contributed by atoms with Gasteiger partial charge in [0.2, 0.25) is 0 Å². The summed E-state index contributed by atoms with van der Waals surface area (Å²) in [6, 6.07) is 3.61. The second-order valence-electron chi connectivity index (χ2n) is 4.74. The Bertz CT molecular complexity index is 651. The van der Waals surface area contributed by atoms with Crippen molar-refractivity contribution in [2.24, 2.45) is 0 Å². The maximum Gasteiger partial charge on any atom is 0.270 e. The van der Waals surface area contributed by atoms with Crippen molar-refractivity contribution in [1.82, 2.24) is 15.0 Å². The molecule has 104 valence electrons. The molecule has 0 radical (unpaired) electrons. The van der Waals surface area contributed by atoms with Gasteiger partial charge in [-0.05, 0) is 25.0 Å². The fourth-order valence-corrected chi connectivity index (χ4v) is 2.61. The summed E-state index contributed by atoms with van der Waals surface area (Å²) in [7, 11) is 0. The van der Waals surface area contributed by atoms with E-state index in [1.807, 2.05) is 0 Å². The van der Waals surface area contributed by atoms with Crippen LogP contribution in [0.4, 0.5) is 0 Å². The minimum absolute atomic E-state index is 0.180. The number of nitrogens with one attached hydrogen (secondary N) is 1. The Balaban J connectivity index is 2.06. The fraction of sp³-hybridized carbons (Fsp3) is 0.357. The van der Waals surface area contributed by atoms with E-state index in [1.165, 1.54) is 0 Å². The highest BCUT2D eigenvalue weighted by Crippen LogP contribution is 2.29. The Morgan fingerprint density at radius 3 is 2.65 bits per heavy atom. The summed E-state index contributed by atoms with van der Waals surface area (Å²) in [4.78, 5) is 23.2. The van der Waals surface area contributed by atoms with Crippen molar-refractivity contribution in [3.8, 4) is 11.4 Å². The Hall–Kier alpha value is -1.72. The molecule has 1 saturated heterocycles. The van der Waals surface area contributed by atoms with Crippen LogP contribution in [0.3, 0.4) is 0 Å². The lowest BCUT2D eigenvalue weighted by Crippen LogP contribution is -2.20. The lowest BCUT2D eigenvalue weighted by Gasteiger charge is -2.22. The van der Waals surface area contributed by atoms with E-state index in [9.17, 15) is 4.79 Å². The molecule has 6 heteroatoms. The van der Waals surface area contributed by atoms with Crippen molar-refractivity contribution < 1.29 is 4.74 Å². The Morgan fingerprint density at radius 1 is 1.25 bits per heavy atom. The molecule has 3 heterocycles. The predicted octanol–water partition coefficient (Wildman–Crippen LogP) is 2.38. The van der Waals surface area contributed by atoms with E-state index in [-0.39, 0.29) is 16.5 Å². The number of pyridine rings is 1. The molecule has 0 unspecified atom stereocenters. The van der Waals surface area contributed by atoms with Gasteiger partial charge in [0.1, 0.15) is 10.8 Å². The third kappa shape index (κ3) is 2.59. The van der Waals surface area contributed by atoms with Crippen molar-refractivity contribution in [3.63, 3.8) is 0 Å². The highest BCUT2D eigenvalue weighted by molar-refractivity contribution is 6.31. The second kappa shape index (κ2) is 5.73. The molecule has 3 rings (SSSR count). The molecule has 1 N–H and O–H groups in total. The molecular weight excluding hydrogens is 278 g/mol. The van der Waals surface area contributed by atoms with Gasteiger partial charge in [-0.1, -0.05) is 11.6 Å². The summed E-state index contributed by atoms with van der Waals surface area (Å²) in [6.07, 6.45) is 5.01. The highest BCUT2D eigenvalue weighted by Gasteiger charge is 2.22. The van der Waals surface area contributed by atoms with E-state index in [0.717, 1.165) is 18.4 Å². The highest BCUT2D eigenvalue weighted by atomic mass is 35.5. The van der Waals surface area contributed by atoms with E-state index in [2.05, 4.69) is 15.0 Å². The summed E-state index contributed by atoms with van der Waals surface area (Å²) >= 11 is 6.13. The van der Waals surface area contributed by atoms with E-state index in [0.29, 0.717) is 24.7 Å². The number of aromatic nitrogens is 3. The Kier molecular flexibility index (Phi) is 3.80. The van der Waals surface area contributed by atoms with Gasteiger partial charge in [0.15, 0.2) is 0 Å². The smallest absolute Gasteiger partial charge is 0.270 e. The molecule has 0 bridgehead atoms. The minimum atomic E-state index is -0.296. The predicted molar refractivity (Wildman–Crippen MR) is 75.9 cm³/mol. The molecule has 0 saturated carbocycles. The maximum absolute atomic E-state index is 12.0. The molecule has 5 nitrogen and oxygen atoms in total. The first-order valence-corrected chi connectivity index (χ1v) is 6.91. The third-order valence-corrected chi connectivity index (χ3v) is 3.82. The summed E-state index contributed by atoms with van der Waals surface area (Å²) in [5.74, 6) is 0.711. The lowest BCUT2D eigenvalue weighted by molar-refractivity contribution is 0.0845. The number of H-pyrrole nitrogens is 1. The van der Waals surface area contributed by atoms with Crippen LogP contribution < -0.4 is 5.56 Å². The van der Waals surface area contributed by atoms with Crippen LogP contribution in [-0.2, 0) is 4.74 Å². The van der Waals surface area contributed by atoms with Crippen molar-refractivity contribution in [2.75, 3.05) is 13.2 Å². The van der Waals surface area contributed by atoms with Gasteiger partial charge in [-0.3, -0.25) is 9.78 Å². The normalized spacial score (nSPS) is 16.2. The van der Waals surface area contributed by atoms with Crippen molar-refractivity contribution >= 4 is 11.6 Å². The van der Waals surface area contributed by atoms with Crippen LogP contribution in [0.2, 0.25) is 5.02 Å². The number of hydrogen-bond donors (Lipinski definition) is 1. The number of hydrogen-bond acceptors (Lipinski definition) is 4. The topological polar surface area (TPSA) is 67.9 Å². The summed E-state index contributed by atoms with van der Waals surface area (Å²) < 4.78 is 5.34. The Labute approximate surface area is 121 Å². The quantitative estimate of drug-likeness (QED) is 0.922. The van der Waals surface area contributed by atoms with Gasteiger partial charge in [-0.2, -0.15) is 0 Å². The zero-order chi connectivity index (χ0) is 13.9. The summed E-state index contributed by atoms with van der Waals surface area (Å²) in [6.45, 7) is 1.36. The molecule has 2 aromatic heterocycles. The van der Waals surface area contributed by atoms with E-state index in [4.69, 9.17) is 16.3 Å². The fourth-order valence-electron chi connectivity index (χ4n) is 2.36. The zero-order valence-corrected chi connectivity index (χ0v) is 11.6. The number of halogens is 1. The Morgan fingerprint density at radius 2 is 1.95 bits per heavy atom. The monoisotopic (exact) mass is 291 g/mol. The second-order valence-corrected chi connectivity index (χ2v) is 5.11. The van der Waals surface area contributed by atoms with Gasteiger partial charge >= 0.3 is 0 Å². The molecule has 0 aromatic carbocycles. The molecule has 1 fully saturated rings. The van der Waals surface area contributed by atoms with Crippen LogP contribution in [0.5, 0.6) is 0 Å². The van der Waals surface area contributed by atoms with Crippen molar-refractivity contribution in [1.29, 1.82) is 0 Å². The first-order chi connectivity index (χ1) is 9.75. The average molecular weight is 292 g/mol. The number of ether oxygens (including phenoxy) is 1. The first-order valence-electron chi connectivity index (χ1n) is 6.53. The largest absolute Gasteiger partial charge is 0.381 e. The van der Waals surface area contributed by atoms with Crippen LogP contribution >= 0.6 is 11.6 Å². The number of rotatable bonds is 2. The van der Waals surface area contributed by atoms with Crippen molar-refractivity contribution in [2.45, 2.75) is 18.8 Å². The van der Waals surface area contributed by atoms with Crippen LogP contribution in [0.25, 0.3) is 11.4 Å². The van der Waals surface area contributed by atoms with Gasteiger partial charge in [0, 0.05) is 37.1 Å². The standard InChI is InChI=1S/C14H14ClN3O2/c15-11-12(9-3-7-20-8-4-9)17-13(18-14(11)19)10-1-5-16-6-2-10/h1-2,5-6,9H,3-4,7-8H2,(H,17,18,19). The van der Waals surface area contributed by atoms with E-state index in [1.54, 1.807) is 24.5 Å². The van der Waals surface area contributed by atoms with E-state index >= 15 is 0 Å². The van der Waals surface area contributed by atoms with E-state index < -0.39 is 0 Å². The molecule has 1 aliphatic heterocycles. The molecule has 2 aromatic rings. The summed E-state index contributed by atoms with van der Waals surface area (Å²) in [5.41, 5.74) is 1.20. The molecule has 20 heavy (non-hydrogen) atoms. The minimum Gasteiger partial charge on any atom is -0.381 e. The SMILES string of the molecule is O=c1[nH]c(-c2ccncc2)nc(C2CCOCC2)c1Cl. The third-order valence-electron chi connectivity index (χ3n) is 3.45. The van der Waals surface area contributed by atoms with Crippen molar-refractivity contribution in [3.05, 3.63) is 45.6 Å². The molecule has 1 aliphatic rings. The van der Waals surface area contributed by atoms with Crippen LogP contribution in [0.1, 0.15) is 24.5 Å². The maximum atomic E-state index is 12.0. The first kappa shape index (κ1) is 13.3. The molecule has 0 amide bonds. The van der Waals surface area contributed by atoms with Gasteiger partial charge in [0.05, 0.1) is 5.69 Å². The van der Waals surface area contributed by atoms with Gasteiger partial charge < -0.3 is 9.72 Å². The van der Waals surface area contributed by atoms with Crippen LogP contribution in [-0.4, -0.2) is 28.2 Å². The average Bonchev–Trinajstić information content (AvgIpc) is 2.51. The van der Waals surface area contributed by atoms with Crippen LogP contribution in [0, 0.1) is 0 Å². The summed E-state index contributed by atoms with van der Waals surface area (Å²) in [5, 5.41) is 0.190. The van der Waals surface area contributed by atoms with Gasteiger partial charge in [-0.15, -0.1) is 0 Å². The zero-order valence-electron chi connectivity index (χ0n) is 10.8.